The van der Waals surface area contributed by atoms with Crippen LogP contribution < -0.4 is 0 Å². The van der Waals surface area contributed by atoms with Crippen LogP contribution >= 0.6 is 0 Å². The van der Waals surface area contributed by atoms with Crippen LogP contribution in [0.15, 0.2) is 34.3 Å². The molecule has 0 spiro atoms. The van der Waals surface area contributed by atoms with Gasteiger partial charge < -0.3 is 9.47 Å². The Hall–Kier alpha value is -1.84. The van der Waals surface area contributed by atoms with Gasteiger partial charge in [-0.1, -0.05) is 52.2 Å². The summed E-state index contributed by atoms with van der Waals surface area (Å²) >= 11 is 0. The van der Waals surface area contributed by atoms with E-state index in [2.05, 4.69) is 40.7 Å². The average molecular weight is 391 g/mol. The van der Waals surface area contributed by atoms with E-state index in [9.17, 15) is 9.59 Å². The van der Waals surface area contributed by atoms with Crippen molar-refractivity contribution in [3.8, 4) is 0 Å². The number of methoxy groups -OCH3 is 2. The minimum atomic E-state index is -0.380. The highest BCUT2D eigenvalue weighted by atomic mass is 16.5. The molecule has 4 nitrogen and oxygen atoms in total. The molecule has 1 aliphatic rings. The van der Waals surface area contributed by atoms with Crippen molar-refractivity contribution in [2.75, 3.05) is 14.2 Å². The summed E-state index contributed by atoms with van der Waals surface area (Å²) in [7, 11) is 2.81. The summed E-state index contributed by atoms with van der Waals surface area (Å²) in [6.45, 7) is 12.6. The van der Waals surface area contributed by atoms with Crippen molar-refractivity contribution in [1.29, 1.82) is 0 Å². The lowest BCUT2D eigenvalue weighted by Gasteiger charge is -2.36. The van der Waals surface area contributed by atoms with E-state index in [0.29, 0.717) is 17.1 Å². The molecule has 0 unspecified atom stereocenters. The van der Waals surface area contributed by atoms with E-state index in [1.54, 1.807) is 6.92 Å². The number of allylic oxidation sites excluding steroid dienone is 4. The molecule has 0 heterocycles. The number of carbonyl (C=O) groups excluding carboxylic acids is 2. The highest BCUT2D eigenvalue weighted by Crippen LogP contribution is 2.45. The summed E-state index contributed by atoms with van der Waals surface area (Å²) in [5, 5.41) is 0. The zero-order valence-electron chi connectivity index (χ0n) is 19.0. The van der Waals surface area contributed by atoms with Crippen LogP contribution in [0.2, 0.25) is 0 Å². The van der Waals surface area contributed by atoms with Gasteiger partial charge in [0.15, 0.2) is 0 Å². The fourth-order valence-electron chi connectivity index (χ4n) is 4.26. The van der Waals surface area contributed by atoms with Crippen LogP contribution in [0.25, 0.3) is 0 Å². The maximum Gasteiger partial charge on any atom is 0.228 e. The molecule has 4 heteroatoms. The van der Waals surface area contributed by atoms with E-state index in [1.807, 2.05) is 0 Å². The zero-order valence-corrected chi connectivity index (χ0v) is 19.0. The van der Waals surface area contributed by atoms with Gasteiger partial charge in [0.05, 0.1) is 14.2 Å². The van der Waals surface area contributed by atoms with E-state index in [0.717, 1.165) is 25.7 Å². The molecular weight excluding hydrogens is 352 g/mol. The highest BCUT2D eigenvalue weighted by Gasteiger charge is 2.43. The molecule has 0 bridgehead atoms. The summed E-state index contributed by atoms with van der Waals surface area (Å²) in [4.78, 5) is 26.1. The first kappa shape index (κ1) is 24.2. The summed E-state index contributed by atoms with van der Waals surface area (Å²) < 4.78 is 10.5. The number of ether oxygens (including phenoxy) is 2. The van der Waals surface area contributed by atoms with Gasteiger partial charge >= 0.3 is 0 Å². The lowest BCUT2D eigenvalue weighted by molar-refractivity contribution is -0.122. The topological polar surface area (TPSA) is 52.6 Å². The molecule has 0 aromatic rings. The van der Waals surface area contributed by atoms with E-state index >= 15 is 0 Å². The molecule has 1 rings (SSSR count). The highest BCUT2D eigenvalue weighted by molar-refractivity contribution is 6.23. The largest absolute Gasteiger partial charge is 0.489 e. The molecule has 0 radical (unpaired) electrons. The Kier molecular flexibility index (Phi) is 9.19. The Bertz CT molecular complexity index is 671. The Morgan fingerprint density at radius 2 is 1.46 bits per heavy atom. The Balaban J connectivity index is 3.34. The molecule has 28 heavy (non-hydrogen) atoms. The van der Waals surface area contributed by atoms with Crippen molar-refractivity contribution < 1.29 is 19.1 Å². The molecule has 0 N–H and O–H groups in total. The van der Waals surface area contributed by atoms with Crippen molar-refractivity contribution >= 4 is 11.6 Å². The predicted octanol–water partition coefficient (Wildman–Crippen LogP) is 5.93. The summed E-state index contributed by atoms with van der Waals surface area (Å²) in [5.74, 6) is 0.261. The number of Topliss-reactive ketones (excluding diaryl/α,β-unsaturated/α-hetero) is 2. The number of hydrogen-bond acceptors (Lipinski definition) is 4. The fourth-order valence-corrected chi connectivity index (χ4v) is 4.26. The first-order valence-corrected chi connectivity index (χ1v) is 10.5. The van der Waals surface area contributed by atoms with E-state index < -0.39 is 0 Å². The molecule has 0 atom stereocenters. The molecule has 0 aliphatic heterocycles. The summed E-state index contributed by atoms with van der Waals surface area (Å²) in [5.41, 5.74) is 2.05. The number of hydrogen-bond donors (Lipinski definition) is 0. The standard InChI is InChI=1S/C24H38O4/c1-9-18(10-2)15-16(5)13-14-24(11-3,12-4)19-17(6)20(25)22(27-7)23(28-8)21(19)26/h13,18H,9-12,14-15H2,1-8H3/b16-13+. The van der Waals surface area contributed by atoms with Crippen LogP contribution in [0.5, 0.6) is 0 Å². The predicted molar refractivity (Wildman–Crippen MR) is 114 cm³/mol. The van der Waals surface area contributed by atoms with E-state index in [-0.39, 0.29) is 28.5 Å². The SMILES string of the molecule is CCC(CC)C/C(C)=C/CC(CC)(CC)C1=C(C)C(=O)C(OC)=C(OC)C1=O. The van der Waals surface area contributed by atoms with E-state index in [1.165, 1.54) is 32.6 Å². The zero-order chi connectivity index (χ0) is 21.5. The summed E-state index contributed by atoms with van der Waals surface area (Å²) in [6.07, 6.45) is 8.01. The smallest absolute Gasteiger partial charge is 0.228 e. The second-order valence-corrected chi connectivity index (χ2v) is 7.85. The second-order valence-electron chi connectivity index (χ2n) is 7.85. The van der Waals surface area contributed by atoms with Crippen LogP contribution in [-0.2, 0) is 19.1 Å². The Labute approximate surface area is 171 Å². The monoisotopic (exact) mass is 390 g/mol. The minimum Gasteiger partial charge on any atom is -0.489 e. The van der Waals surface area contributed by atoms with Crippen molar-refractivity contribution in [2.24, 2.45) is 11.3 Å². The number of ketones is 2. The third kappa shape index (κ3) is 4.76. The van der Waals surface area contributed by atoms with Crippen LogP contribution in [0.1, 0.15) is 80.1 Å². The Morgan fingerprint density at radius 3 is 1.89 bits per heavy atom. The van der Waals surface area contributed by atoms with Gasteiger partial charge in [-0.05, 0) is 45.4 Å². The third-order valence-corrected chi connectivity index (χ3v) is 6.46. The fraction of sp³-hybridized carbons (Fsp3) is 0.667. The molecule has 0 fully saturated rings. The third-order valence-electron chi connectivity index (χ3n) is 6.46. The van der Waals surface area contributed by atoms with Crippen molar-refractivity contribution in [1.82, 2.24) is 0 Å². The Morgan fingerprint density at radius 1 is 0.964 bits per heavy atom. The second kappa shape index (κ2) is 10.6. The molecule has 158 valence electrons. The normalized spacial score (nSPS) is 16.4. The van der Waals surface area contributed by atoms with Gasteiger partial charge in [0, 0.05) is 16.6 Å². The van der Waals surface area contributed by atoms with E-state index in [4.69, 9.17) is 9.47 Å². The van der Waals surface area contributed by atoms with Crippen molar-refractivity contribution in [3.05, 3.63) is 34.3 Å². The first-order chi connectivity index (χ1) is 13.3. The van der Waals surface area contributed by atoms with Crippen LogP contribution in [0.3, 0.4) is 0 Å². The van der Waals surface area contributed by atoms with Crippen LogP contribution in [0, 0.1) is 11.3 Å². The maximum atomic E-state index is 13.3. The van der Waals surface area contributed by atoms with Gasteiger partial charge in [0.1, 0.15) is 0 Å². The van der Waals surface area contributed by atoms with Gasteiger partial charge in [-0.15, -0.1) is 0 Å². The van der Waals surface area contributed by atoms with Gasteiger partial charge in [-0.2, -0.15) is 0 Å². The molecule has 1 aliphatic carbocycles. The van der Waals surface area contributed by atoms with Gasteiger partial charge in [-0.3, -0.25) is 9.59 Å². The lowest BCUT2D eigenvalue weighted by Crippen LogP contribution is -2.35. The van der Waals surface area contributed by atoms with Crippen molar-refractivity contribution in [2.45, 2.75) is 80.1 Å². The van der Waals surface area contributed by atoms with Crippen LogP contribution in [-0.4, -0.2) is 25.8 Å². The van der Waals surface area contributed by atoms with Crippen molar-refractivity contribution in [3.63, 3.8) is 0 Å². The maximum absolute atomic E-state index is 13.3. The van der Waals surface area contributed by atoms with Gasteiger partial charge in [0.25, 0.3) is 0 Å². The molecule has 0 saturated carbocycles. The van der Waals surface area contributed by atoms with Crippen LogP contribution in [0.4, 0.5) is 0 Å². The average Bonchev–Trinajstić information content (AvgIpc) is 2.71. The molecule has 0 aromatic heterocycles. The number of carbonyl (C=O) groups is 2. The quantitative estimate of drug-likeness (QED) is 0.324. The molecular formula is C24H38O4. The minimum absolute atomic E-state index is 0.00955. The molecule has 0 aromatic carbocycles. The lowest BCUT2D eigenvalue weighted by atomic mass is 9.67. The van der Waals surface area contributed by atoms with Gasteiger partial charge in [-0.25, -0.2) is 0 Å². The summed E-state index contributed by atoms with van der Waals surface area (Å²) in [6, 6.07) is 0. The first-order valence-electron chi connectivity index (χ1n) is 10.5. The molecule has 0 saturated heterocycles. The number of rotatable bonds is 11. The molecule has 0 amide bonds. The van der Waals surface area contributed by atoms with Gasteiger partial charge in [0.2, 0.25) is 23.1 Å².